The summed E-state index contributed by atoms with van der Waals surface area (Å²) < 4.78 is 4.49. The van der Waals surface area contributed by atoms with Gasteiger partial charge in [0.25, 0.3) is 0 Å². The summed E-state index contributed by atoms with van der Waals surface area (Å²) in [6.07, 6.45) is 2.56. The first-order chi connectivity index (χ1) is 7.67. The number of nitrogens with one attached hydrogen (secondary N) is 1. The second kappa shape index (κ2) is 3.67. The van der Waals surface area contributed by atoms with E-state index >= 15 is 0 Å². The zero-order valence-corrected chi connectivity index (χ0v) is 10.7. The molecule has 3 rings (SSSR count). The molecular formula is C11H18N4S. The Morgan fingerprint density at radius 3 is 2.94 bits per heavy atom. The molecule has 0 radical (unpaired) electrons. The molecule has 1 saturated carbocycles. The van der Waals surface area contributed by atoms with E-state index in [1.54, 1.807) is 11.5 Å². The maximum absolute atomic E-state index is 4.70. The Hall–Kier alpha value is -0.680. The van der Waals surface area contributed by atoms with E-state index in [1.807, 2.05) is 0 Å². The first kappa shape index (κ1) is 10.5. The van der Waals surface area contributed by atoms with Crippen LogP contribution < -0.4 is 10.2 Å². The molecule has 4 nitrogen and oxygen atoms in total. The van der Waals surface area contributed by atoms with Crippen molar-refractivity contribution in [2.45, 2.75) is 38.1 Å². The summed E-state index contributed by atoms with van der Waals surface area (Å²) in [7, 11) is 0. The number of aromatic nitrogens is 2. The van der Waals surface area contributed by atoms with Gasteiger partial charge in [-0.05, 0) is 26.7 Å². The average Bonchev–Trinajstić information content (AvgIpc) is 2.98. The van der Waals surface area contributed by atoms with Gasteiger partial charge in [-0.15, -0.1) is 0 Å². The summed E-state index contributed by atoms with van der Waals surface area (Å²) in [6, 6.07) is 0. The van der Waals surface area contributed by atoms with Crippen molar-refractivity contribution < 1.29 is 0 Å². The standard InChI is InChI=1S/C11H18N4S/c1-11(2)7-12-5-6-15(11)10-13-9(14-16-10)8-3-4-8/h8,12H,3-7H2,1-2H3. The summed E-state index contributed by atoms with van der Waals surface area (Å²) in [4.78, 5) is 7.09. The highest BCUT2D eigenvalue weighted by Gasteiger charge is 2.34. The van der Waals surface area contributed by atoms with Crippen LogP contribution >= 0.6 is 11.5 Å². The molecule has 16 heavy (non-hydrogen) atoms. The van der Waals surface area contributed by atoms with Gasteiger partial charge >= 0.3 is 0 Å². The van der Waals surface area contributed by atoms with Crippen LogP contribution in [0.2, 0.25) is 0 Å². The molecule has 0 unspecified atom stereocenters. The van der Waals surface area contributed by atoms with Crippen LogP contribution in [0.25, 0.3) is 0 Å². The van der Waals surface area contributed by atoms with Crippen molar-refractivity contribution >= 4 is 16.7 Å². The number of rotatable bonds is 2. The fourth-order valence-electron chi connectivity index (χ4n) is 2.18. The van der Waals surface area contributed by atoms with Crippen LogP contribution in [0, 0.1) is 0 Å². The van der Waals surface area contributed by atoms with Crippen molar-refractivity contribution in [3.05, 3.63) is 5.82 Å². The van der Waals surface area contributed by atoms with Crippen LogP contribution in [0.1, 0.15) is 38.4 Å². The topological polar surface area (TPSA) is 41.0 Å². The molecule has 0 bridgehead atoms. The van der Waals surface area contributed by atoms with E-state index < -0.39 is 0 Å². The van der Waals surface area contributed by atoms with Gasteiger partial charge < -0.3 is 10.2 Å². The van der Waals surface area contributed by atoms with Gasteiger partial charge in [0.2, 0.25) is 5.13 Å². The number of anilines is 1. The van der Waals surface area contributed by atoms with E-state index in [9.17, 15) is 0 Å². The third kappa shape index (κ3) is 1.82. The molecule has 2 fully saturated rings. The first-order valence-electron chi connectivity index (χ1n) is 5.99. The van der Waals surface area contributed by atoms with Gasteiger partial charge in [0.15, 0.2) is 0 Å². The first-order valence-corrected chi connectivity index (χ1v) is 6.76. The smallest absolute Gasteiger partial charge is 0.205 e. The number of hydrogen-bond donors (Lipinski definition) is 1. The Morgan fingerprint density at radius 1 is 1.44 bits per heavy atom. The lowest BCUT2D eigenvalue weighted by Gasteiger charge is -2.42. The van der Waals surface area contributed by atoms with E-state index in [1.165, 1.54) is 12.8 Å². The van der Waals surface area contributed by atoms with Crippen molar-refractivity contribution in [1.82, 2.24) is 14.7 Å². The molecule has 2 heterocycles. The van der Waals surface area contributed by atoms with Crippen LogP contribution in [0.5, 0.6) is 0 Å². The normalized spacial score (nSPS) is 24.8. The summed E-state index contributed by atoms with van der Waals surface area (Å²) in [5.74, 6) is 1.74. The van der Waals surface area contributed by atoms with Crippen LogP contribution in [0.3, 0.4) is 0 Å². The fourth-order valence-corrected chi connectivity index (χ4v) is 3.12. The van der Waals surface area contributed by atoms with Crippen molar-refractivity contribution in [3.63, 3.8) is 0 Å². The zero-order valence-electron chi connectivity index (χ0n) is 9.86. The third-order valence-electron chi connectivity index (χ3n) is 3.40. The highest BCUT2D eigenvalue weighted by atomic mass is 32.1. The van der Waals surface area contributed by atoms with Crippen molar-refractivity contribution in [2.24, 2.45) is 0 Å². The summed E-state index contributed by atoms with van der Waals surface area (Å²) in [5, 5.41) is 4.54. The average molecular weight is 238 g/mol. The zero-order chi connectivity index (χ0) is 11.2. The Morgan fingerprint density at radius 2 is 2.25 bits per heavy atom. The van der Waals surface area contributed by atoms with Gasteiger partial charge in [0.05, 0.1) is 0 Å². The molecule has 1 aliphatic carbocycles. The fraction of sp³-hybridized carbons (Fsp3) is 0.818. The monoisotopic (exact) mass is 238 g/mol. The van der Waals surface area contributed by atoms with Gasteiger partial charge in [-0.1, -0.05) is 0 Å². The Balaban J connectivity index is 1.83. The van der Waals surface area contributed by atoms with Gasteiger partial charge in [0.1, 0.15) is 5.82 Å². The minimum atomic E-state index is 0.151. The maximum atomic E-state index is 4.70. The number of piperazine rings is 1. The lowest BCUT2D eigenvalue weighted by Crippen LogP contribution is -2.58. The van der Waals surface area contributed by atoms with Gasteiger partial charge in [-0.3, -0.25) is 0 Å². The van der Waals surface area contributed by atoms with E-state index in [2.05, 4.69) is 28.4 Å². The van der Waals surface area contributed by atoms with Crippen molar-refractivity contribution in [2.75, 3.05) is 24.5 Å². The highest BCUT2D eigenvalue weighted by Crippen LogP contribution is 2.40. The molecule has 0 aromatic carbocycles. The third-order valence-corrected chi connectivity index (χ3v) is 4.16. The Bertz CT molecular complexity index is 383. The largest absolute Gasteiger partial charge is 0.339 e. The molecule has 0 amide bonds. The van der Waals surface area contributed by atoms with Crippen molar-refractivity contribution in [3.8, 4) is 0 Å². The lowest BCUT2D eigenvalue weighted by molar-refractivity contribution is 0.380. The molecular weight excluding hydrogens is 220 g/mol. The summed E-state index contributed by atoms with van der Waals surface area (Å²) in [5.41, 5.74) is 0.151. The molecule has 0 atom stereocenters. The predicted octanol–water partition coefficient (Wildman–Crippen LogP) is 1.60. The Kier molecular flexibility index (Phi) is 2.40. The molecule has 1 aromatic heterocycles. The molecule has 0 spiro atoms. The van der Waals surface area contributed by atoms with E-state index in [-0.39, 0.29) is 5.54 Å². The minimum absolute atomic E-state index is 0.151. The lowest BCUT2D eigenvalue weighted by atomic mass is 10.0. The van der Waals surface area contributed by atoms with Gasteiger partial charge in [-0.25, -0.2) is 4.98 Å². The van der Waals surface area contributed by atoms with Gasteiger partial charge in [0, 0.05) is 42.6 Å². The van der Waals surface area contributed by atoms with Crippen LogP contribution in [0.15, 0.2) is 0 Å². The molecule has 88 valence electrons. The van der Waals surface area contributed by atoms with E-state index in [0.717, 1.165) is 30.6 Å². The summed E-state index contributed by atoms with van der Waals surface area (Å²) >= 11 is 1.56. The number of hydrogen-bond acceptors (Lipinski definition) is 5. The van der Waals surface area contributed by atoms with Crippen molar-refractivity contribution in [1.29, 1.82) is 0 Å². The SMILES string of the molecule is CC1(C)CNCCN1c1nc(C2CC2)ns1. The van der Waals surface area contributed by atoms with E-state index in [0.29, 0.717) is 5.92 Å². The van der Waals surface area contributed by atoms with Gasteiger partial charge in [-0.2, -0.15) is 4.37 Å². The minimum Gasteiger partial charge on any atom is -0.339 e. The van der Waals surface area contributed by atoms with Crippen LogP contribution in [-0.4, -0.2) is 34.5 Å². The van der Waals surface area contributed by atoms with Crippen LogP contribution in [0.4, 0.5) is 5.13 Å². The number of nitrogens with zero attached hydrogens (tertiary/aromatic N) is 3. The van der Waals surface area contributed by atoms with Crippen LogP contribution in [-0.2, 0) is 0 Å². The molecule has 1 N–H and O–H groups in total. The van der Waals surface area contributed by atoms with E-state index in [4.69, 9.17) is 4.98 Å². The predicted molar refractivity (Wildman–Crippen MR) is 66.2 cm³/mol. The second-order valence-electron chi connectivity index (χ2n) is 5.35. The molecule has 1 aromatic rings. The quantitative estimate of drug-likeness (QED) is 0.850. The second-order valence-corrected chi connectivity index (χ2v) is 6.08. The highest BCUT2D eigenvalue weighted by molar-refractivity contribution is 7.09. The summed E-state index contributed by atoms with van der Waals surface area (Å²) in [6.45, 7) is 7.62. The molecule has 2 aliphatic rings. The Labute approximate surface area is 100 Å². The molecule has 1 saturated heterocycles. The molecule has 5 heteroatoms. The molecule has 1 aliphatic heterocycles. The maximum Gasteiger partial charge on any atom is 0.205 e.